The molecule has 4 rings (SSSR count). The summed E-state index contributed by atoms with van der Waals surface area (Å²) in [7, 11) is 1.64. The van der Waals surface area contributed by atoms with Crippen LogP contribution in [0.1, 0.15) is 41.1 Å². The second-order valence-corrected chi connectivity index (χ2v) is 13.0. The van der Waals surface area contributed by atoms with Crippen LogP contribution in [0.3, 0.4) is 0 Å². The fourth-order valence-electron chi connectivity index (χ4n) is 4.32. The average Bonchev–Trinajstić information content (AvgIpc) is 3.38. The summed E-state index contributed by atoms with van der Waals surface area (Å²) in [5.41, 5.74) is 2.47. The van der Waals surface area contributed by atoms with Gasteiger partial charge in [0.25, 0.3) is 5.91 Å². The van der Waals surface area contributed by atoms with Crippen molar-refractivity contribution in [2.75, 3.05) is 37.1 Å². The zero-order valence-corrected chi connectivity index (χ0v) is 25.5. The van der Waals surface area contributed by atoms with Crippen molar-refractivity contribution in [2.45, 2.75) is 39.7 Å². The van der Waals surface area contributed by atoms with Crippen LogP contribution in [0.5, 0.6) is 0 Å². The molecule has 0 spiro atoms. The highest BCUT2D eigenvalue weighted by atomic mass is 79.9. The first-order chi connectivity index (χ1) is 18.3. The quantitative estimate of drug-likeness (QED) is 0.303. The molecule has 3 aromatic rings. The molecule has 1 unspecified atom stereocenters. The van der Waals surface area contributed by atoms with E-state index in [9.17, 15) is 14.4 Å². The first-order valence-electron chi connectivity index (χ1n) is 12.3. The van der Waals surface area contributed by atoms with Crippen molar-refractivity contribution >= 4 is 83.4 Å². The summed E-state index contributed by atoms with van der Waals surface area (Å²) in [6.45, 7) is 5.31. The predicted octanol–water partition coefficient (Wildman–Crippen LogP) is 5.27. The van der Waals surface area contributed by atoms with Gasteiger partial charge in [0, 0.05) is 23.0 Å². The Labute approximate surface area is 241 Å². The zero-order valence-electron chi connectivity index (χ0n) is 21.5. The lowest BCUT2D eigenvalue weighted by molar-refractivity contribution is -0.115. The Hall–Kier alpha value is -1.99. The van der Waals surface area contributed by atoms with Gasteiger partial charge in [-0.2, -0.15) is 4.99 Å². The van der Waals surface area contributed by atoms with Crippen LogP contribution < -0.4 is 10.1 Å². The fourth-order valence-corrected chi connectivity index (χ4v) is 7.96. The molecule has 38 heavy (non-hydrogen) atoms. The topological polar surface area (TPSA) is 99.0 Å². The van der Waals surface area contributed by atoms with Gasteiger partial charge in [0.05, 0.1) is 40.5 Å². The molecular weight excluding hydrogens is 610 g/mol. The number of nitrogens with one attached hydrogen (secondary N) is 1. The molecule has 1 atom stereocenters. The van der Waals surface area contributed by atoms with E-state index in [2.05, 4.69) is 33.2 Å². The van der Waals surface area contributed by atoms with Crippen LogP contribution in [0.2, 0.25) is 0 Å². The van der Waals surface area contributed by atoms with Crippen LogP contribution in [-0.4, -0.2) is 54.2 Å². The monoisotopic (exact) mass is 639 g/mol. The van der Waals surface area contributed by atoms with Crippen LogP contribution in [0.25, 0.3) is 10.2 Å². The number of aromatic nitrogens is 1. The van der Waals surface area contributed by atoms with Crippen molar-refractivity contribution in [3.05, 3.63) is 43.5 Å². The van der Waals surface area contributed by atoms with E-state index in [0.717, 1.165) is 44.4 Å². The molecule has 0 saturated carbocycles. The molecule has 1 aliphatic carbocycles. The number of thiazole rings is 1. The Balaban J connectivity index is 1.41. The van der Waals surface area contributed by atoms with Gasteiger partial charge in [-0.3, -0.25) is 9.59 Å². The number of halogens is 1. The van der Waals surface area contributed by atoms with Gasteiger partial charge >= 0.3 is 5.97 Å². The van der Waals surface area contributed by atoms with Crippen LogP contribution in [0, 0.1) is 5.92 Å². The van der Waals surface area contributed by atoms with Gasteiger partial charge in [0.15, 0.2) is 4.80 Å². The number of nitrogens with zero attached hydrogens (tertiary/aromatic N) is 2. The summed E-state index contributed by atoms with van der Waals surface area (Å²) in [5.74, 6) is -0.284. The first kappa shape index (κ1) is 29.0. The molecule has 1 aliphatic rings. The van der Waals surface area contributed by atoms with Gasteiger partial charge in [-0.25, -0.2) is 4.79 Å². The fraction of sp³-hybridized carbons (Fsp3) is 0.462. The Kier molecular flexibility index (Phi) is 10.2. The SMILES string of the molecule is CCOC(=O)c1c(NC(=O)CSCC(=O)N=c2sc3cc(Br)ccc3n2CCOC)sc2c1CCC(C)C2. The number of thioether (sulfide) groups is 1. The normalized spacial score (nSPS) is 15.5. The highest BCUT2D eigenvalue weighted by Crippen LogP contribution is 2.40. The molecule has 1 aromatic carbocycles. The van der Waals surface area contributed by atoms with E-state index in [1.165, 1.54) is 34.4 Å². The third-order valence-electron chi connectivity index (χ3n) is 6.09. The smallest absolute Gasteiger partial charge is 0.341 e. The summed E-state index contributed by atoms with van der Waals surface area (Å²) in [5, 5.41) is 3.44. The van der Waals surface area contributed by atoms with Gasteiger partial charge in [-0.15, -0.1) is 23.1 Å². The molecule has 1 N–H and O–H groups in total. The number of carbonyl (C=O) groups excluding carboxylic acids is 3. The summed E-state index contributed by atoms with van der Waals surface area (Å²) < 4.78 is 14.4. The number of fused-ring (bicyclic) bond motifs is 2. The highest BCUT2D eigenvalue weighted by Gasteiger charge is 2.29. The standard InChI is InChI=1S/C26H30BrN3O5S3/c1-4-35-25(33)23-17-7-5-15(2)11-19(17)37-24(23)28-21(31)13-36-14-22(32)29-26-30(9-10-34-3)18-8-6-16(27)12-20(18)38-26/h6,8,12,15H,4-5,7,9-11,13-14H2,1-3H3,(H,28,31). The van der Waals surface area contributed by atoms with Crippen molar-refractivity contribution in [3.63, 3.8) is 0 Å². The molecule has 12 heteroatoms. The molecule has 0 fully saturated rings. The number of anilines is 1. The zero-order chi connectivity index (χ0) is 27.2. The summed E-state index contributed by atoms with van der Waals surface area (Å²) >= 11 is 7.58. The second-order valence-electron chi connectivity index (χ2n) is 8.96. The largest absolute Gasteiger partial charge is 0.462 e. The molecule has 2 aromatic heterocycles. The lowest BCUT2D eigenvalue weighted by Gasteiger charge is -2.18. The van der Waals surface area contributed by atoms with Gasteiger partial charge in [-0.1, -0.05) is 34.2 Å². The summed E-state index contributed by atoms with van der Waals surface area (Å²) in [4.78, 5) is 44.2. The molecule has 2 amide bonds. The Morgan fingerprint density at radius 1 is 1.26 bits per heavy atom. The summed E-state index contributed by atoms with van der Waals surface area (Å²) in [6, 6.07) is 5.94. The van der Waals surface area contributed by atoms with Crippen molar-refractivity contribution in [1.82, 2.24) is 4.57 Å². The average molecular weight is 641 g/mol. The number of methoxy groups -OCH3 is 1. The van der Waals surface area contributed by atoms with Gasteiger partial charge in [0.1, 0.15) is 5.00 Å². The third kappa shape index (κ3) is 6.95. The Morgan fingerprint density at radius 2 is 2.08 bits per heavy atom. The number of ether oxygens (including phenoxy) is 2. The predicted molar refractivity (Wildman–Crippen MR) is 157 cm³/mol. The number of esters is 1. The van der Waals surface area contributed by atoms with E-state index in [1.54, 1.807) is 14.0 Å². The molecule has 2 heterocycles. The molecule has 0 aliphatic heterocycles. The van der Waals surface area contributed by atoms with Crippen LogP contribution >= 0.6 is 50.4 Å². The third-order valence-corrected chi connectivity index (χ3v) is 9.71. The van der Waals surface area contributed by atoms with Crippen LogP contribution in [-0.2, 0) is 38.4 Å². The second kappa shape index (κ2) is 13.4. The van der Waals surface area contributed by atoms with Crippen molar-refractivity contribution in [3.8, 4) is 0 Å². The number of benzene rings is 1. The molecule has 0 saturated heterocycles. The maximum Gasteiger partial charge on any atom is 0.341 e. The number of rotatable bonds is 10. The van der Waals surface area contributed by atoms with E-state index in [-0.39, 0.29) is 29.9 Å². The van der Waals surface area contributed by atoms with Gasteiger partial charge in [-0.05, 0) is 55.9 Å². The van der Waals surface area contributed by atoms with E-state index >= 15 is 0 Å². The number of amides is 2. The maximum absolute atomic E-state index is 12.7. The molecular formula is C26H30BrN3O5S3. The lowest BCUT2D eigenvalue weighted by atomic mass is 9.88. The minimum Gasteiger partial charge on any atom is -0.462 e. The number of hydrogen-bond donors (Lipinski definition) is 1. The van der Waals surface area contributed by atoms with E-state index in [1.807, 2.05) is 22.8 Å². The molecule has 8 nitrogen and oxygen atoms in total. The van der Waals surface area contributed by atoms with E-state index in [4.69, 9.17) is 9.47 Å². The minimum absolute atomic E-state index is 0.0683. The molecule has 204 valence electrons. The summed E-state index contributed by atoms with van der Waals surface area (Å²) in [6.07, 6.45) is 2.71. The van der Waals surface area contributed by atoms with E-state index < -0.39 is 5.97 Å². The maximum atomic E-state index is 12.7. The Bertz CT molecular complexity index is 1410. The van der Waals surface area contributed by atoms with E-state index in [0.29, 0.717) is 34.4 Å². The highest BCUT2D eigenvalue weighted by molar-refractivity contribution is 9.10. The number of thiophene rings is 1. The van der Waals surface area contributed by atoms with Gasteiger partial charge in [0.2, 0.25) is 5.91 Å². The van der Waals surface area contributed by atoms with Crippen molar-refractivity contribution in [1.29, 1.82) is 0 Å². The minimum atomic E-state index is -0.395. The Morgan fingerprint density at radius 3 is 2.84 bits per heavy atom. The lowest BCUT2D eigenvalue weighted by Crippen LogP contribution is -2.20. The molecule has 0 radical (unpaired) electrons. The van der Waals surface area contributed by atoms with Gasteiger partial charge < -0.3 is 19.4 Å². The number of carbonyl (C=O) groups is 3. The van der Waals surface area contributed by atoms with Crippen molar-refractivity contribution in [2.24, 2.45) is 10.9 Å². The van der Waals surface area contributed by atoms with Crippen molar-refractivity contribution < 1.29 is 23.9 Å². The first-order valence-corrected chi connectivity index (χ1v) is 15.9. The number of hydrogen-bond acceptors (Lipinski definition) is 8. The van der Waals surface area contributed by atoms with Crippen LogP contribution in [0.15, 0.2) is 27.7 Å². The van der Waals surface area contributed by atoms with Crippen LogP contribution in [0.4, 0.5) is 5.00 Å². The molecule has 0 bridgehead atoms.